The van der Waals surface area contributed by atoms with E-state index in [1.165, 1.54) is 6.07 Å². The molecule has 11 heteroatoms. The van der Waals surface area contributed by atoms with Gasteiger partial charge in [0.2, 0.25) is 0 Å². The van der Waals surface area contributed by atoms with Gasteiger partial charge in [-0.2, -0.15) is 0 Å². The highest BCUT2D eigenvalue weighted by Gasteiger charge is 2.25. The minimum absolute atomic E-state index is 0.129. The van der Waals surface area contributed by atoms with Crippen LogP contribution in [0, 0.1) is 5.82 Å². The van der Waals surface area contributed by atoms with Crippen LogP contribution in [0.4, 0.5) is 10.2 Å². The van der Waals surface area contributed by atoms with Crippen LogP contribution in [0.1, 0.15) is 35.8 Å². The van der Waals surface area contributed by atoms with Crippen molar-refractivity contribution in [1.29, 1.82) is 0 Å². The lowest BCUT2D eigenvalue weighted by molar-refractivity contribution is 0.00244. The Morgan fingerprint density at radius 3 is 2.86 bits per heavy atom. The number of halogens is 1. The molecule has 10 nitrogen and oxygen atoms in total. The van der Waals surface area contributed by atoms with E-state index < -0.39 is 17.8 Å². The zero-order valence-corrected chi connectivity index (χ0v) is 20.3. The van der Waals surface area contributed by atoms with E-state index in [-0.39, 0.29) is 42.1 Å². The summed E-state index contributed by atoms with van der Waals surface area (Å²) in [4.78, 5) is 21.3. The van der Waals surface area contributed by atoms with E-state index in [0.29, 0.717) is 18.1 Å². The summed E-state index contributed by atoms with van der Waals surface area (Å²) in [6.07, 6.45) is 4.60. The molecule has 0 bridgehead atoms. The van der Waals surface area contributed by atoms with Crippen LogP contribution in [-0.4, -0.2) is 50.0 Å². The Balaban J connectivity index is 1.24. The summed E-state index contributed by atoms with van der Waals surface area (Å²) in [6.45, 7) is 4.87. The van der Waals surface area contributed by atoms with E-state index in [0.717, 1.165) is 11.6 Å². The molecule has 1 amide bonds. The molecule has 1 N–H and O–H groups in total. The molecule has 0 aliphatic carbocycles. The second-order valence-corrected chi connectivity index (χ2v) is 8.72. The molecule has 37 heavy (non-hydrogen) atoms. The minimum Gasteiger partial charge on any atom is -0.486 e. The third-order valence-corrected chi connectivity index (χ3v) is 5.67. The zero-order chi connectivity index (χ0) is 25.8. The average molecular weight is 505 g/mol. The first-order chi connectivity index (χ1) is 18.0. The summed E-state index contributed by atoms with van der Waals surface area (Å²) in [5, 5.41) is 10.7. The largest absolute Gasteiger partial charge is 0.486 e. The molecule has 5 rings (SSSR count). The van der Waals surface area contributed by atoms with Gasteiger partial charge in [0.15, 0.2) is 23.4 Å². The number of ether oxygens (including phenoxy) is 3. The highest BCUT2D eigenvalue weighted by Crippen LogP contribution is 2.34. The van der Waals surface area contributed by atoms with Gasteiger partial charge in [0.25, 0.3) is 5.91 Å². The van der Waals surface area contributed by atoms with Gasteiger partial charge in [0.1, 0.15) is 30.3 Å². The van der Waals surface area contributed by atoms with E-state index in [2.05, 4.69) is 25.5 Å². The number of carbonyl (C=O) groups excluding carboxylic acids is 1. The Morgan fingerprint density at radius 1 is 1.22 bits per heavy atom. The van der Waals surface area contributed by atoms with Crippen molar-refractivity contribution in [2.45, 2.75) is 32.6 Å². The second kappa shape index (κ2) is 10.7. The molecule has 1 atom stereocenters. The third-order valence-electron chi connectivity index (χ3n) is 5.67. The Kier molecular flexibility index (Phi) is 7.04. The molecule has 0 radical (unpaired) electrons. The van der Waals surface area contributed by atoms with Crippen molar-refractivity contribution in [3.05, 3.63) is 78.1 Å². The monoisotopic (exact) mass is 504 g/mol. The van der Waals surface area contributed by atoms with Crippen LogP contribution < -0.4 is 14.8 Å². The van der Waals surface area contributed by atoms with E-state index in [1.807, 2.05) is 30.5 Å². The van der Waals surface area contributed by atoms with Gasteiger partial charge in [0.05, 0.1) is 18.8 Å². The molecular formula is C26H25FN6O4. The maximum atomic E-state index is 14.9. The molecule has 1 aromatic carbocycles. The van der Waals surface area contributed by atoms with Crippen molar-refractivity contribution >= 4 is 11.7 Å². The number of hydrogen-bond acceptors (Lipinski definition) is 8. The lowest BCUT2D eigenvalue weighted by Crippen LogP contribution is -2.33. The highest BCUT2D eigenvalue weighted by molar-refractivity contribution is 6.04. The fourth-order valence-electron chi connectivity index (χ4n) is 3.80. The molecule has 0 saturated heterocycles. The number of amides is 1. The van der Waals surface area contributed by atoms with Gasteiger partial charge in [-0.25, -0.2) is 9.37 Å². The molecule has 0 spiro atoms. The van der Waals surface area contributed by atoms with Gasteiger partial charge < -0.3 is 24.1 Å². The first kappa shape index (κ1) is 24.3. The molecule has 3 aromatic heterocycles. The number of benzene rings is 1. The van der Waals surface area contributed by atoms with E-state index in [1.54, 1.807) is 36.9 Å². The lowest BCUT2D eigenvalue weighted by atomic mass is 10.1. The van der Waals surface area contributed by atoms with Gasteiger partial charge in [0, 0.05) is 24.5 Å². The van der Waals surface area contributed by atoms with Gasteiger partial charge in [-0.15, -0.1) is 10.2 Å². The number of nitrogens with zero attached hydrogens (tertiary/aromatic N) is 5. The quantitative estimate of drug-likeness (QED) is 0.382. The van der Waals surface area contributed by atoms with E-state index in [4.69, 9.17) is 14.2 Å². The van der Waals surface area contributed by atoms with Crippen LogP contribution in [0.5, 0.6) is 11.5 Å². The SMILES string of the molecule is CC(C)n1cnnc1-c1cccc(NC(=O)c2cc3c(cc2F)OC(COCc2ccncc2)CO3)n1. The van der Waals surface area contributed by atoms with Crippen molar-refractivity contribution in [2.75, 3.05) is 18.5 Å². The van der Waals surface area contributed by atoms with Gasteiger partial charge >= 0.3 is 0 Å². The number of pyridine rings is 2. The fourth-order valence-corrected chi connectivity index (χ4v) is 3.80. The van der Waals surface area contributed by atoms with Gasteiger partial charge in [-0.1, -0.05) is 6.07 Å². The average Bonchev–Trinajstić information content (AvgIpc) is 3.40. The maximum Gasteiger partial charge on any atom is 0.259 e. The van der Waals surface area contributed by atoms with Crippen LogP contribution >= 0.6 is 0 Å². The minimum atomic E-state index is -0.742. The molecule has 190 valence electrons. The summed E-state index contributed by atoms with van der Waals surface area (Å²) < 4.78 is 34.0. The van der Waals surface area contributed by atoms with Crippen molar-refractivity contribution in [1.82, 2.24) is 24.7 Å². The predicted molar refractivity (Wildman–Crippen MR) is 132 cm³/mol. The Hall–Kier alpha value is -4.38. The molecular weight excluding hydrogens is 479 g/mol. The smallest absolute Gasteiger partial charge is 0.259 e. The Morgan fingerprint density at radius 2 is 2.05 bits per heavy atom. The number of rotatable bonds is 8. The first-order valence-electron chi connectivity index (χ1n) is 11.8. The number of anilines is 1. The second-order valence-electron chi connectivity index (χ2n) is 8.72. The van der Waals surface area contributed by atoms with Crippen LogP contribution in [-0.2, 0) is 11.3 Å². The fraction of sp³-hybridized carbons (Fsp3) is 0.269. The summed E-state index contributed by atoms with van der Waals surface area (Å²) in [7, 11) is 0. The van der Waals surface area contributed by atoms with E-state index >= 15 is 0 Å². The molecule has 4 aromatic rings. The zero-order valence-electron chi connectivity index (χ0n) is 20.3. The number of fused-ring (bicyclic) bond motifs is 1. The molecule has 1 aliphatic rings. The van der Waals surface area contributed by atoms with Crippen molar-refractivity contribution < 1.29 is 23.4 Å². The lowest BCUT2D eigenvalue weighted by Gasteiger charge is -2.27. The highest BCUT2D eigenvalue weighted by atomic mass is 19.1. The normalized spacial score (nSPS) is 14.5. The van der Waals surface area contributed by atoms with E-state index in [9.17, 15) is 9.18 Å². The predicted octanol–water partition coefficient (Wildman–Crippen LogP) is 4.06. The Labute approximate surface area is 212 Å². The number of aromatic nitrogens is 5. The van der Waals surface area contributed by atoms with Crippen LogP contribution in [0.25, 0.3) is 11.5 Å². The number of hydrogen-bond donors (Lipinski definition) is 1. The molecule has 4 heterocycles. The summed E-state index contributed by atoms with van der Waals surface area (Å²) in [5.74, 6) is -0.0948. The summed E-state index contributed by atoms with van der Waals surface area (Å²) >= 11 is 0. The van der Waals surface area contributed by atoms with Crippen molar-refractivity contribution in [3.8, 4) is 23.0 Å². The van der Waals surface area contributed by atoms with Gasteiger partial charge in [-0.3, -0.25) is 9.78 Å². The molecule has 1 aliphatic heterocycles. The molecule has 0 saturated carbocycles. The van der Waals surface area contributed by atoms with Crippen LogP contribution in [0.3, 0.4) is 0 Å². The van der Waals surface area contributed by atoms with Crippen molar-refractivity contribution in [3.63, 3.8) is 0 Å². The number of nitrogens with one attached hydrogen (secondary N) is 1. The maximum absolute atomic E-state index is 14.9. The standard InChI is InChI=1S/C26H25FN6O4/c1-16(2)33-15-29-32-25(33)21-4-3-5-24(30-21)31-26(34)19-10-22-23(11-20(19)27)37-18(14-36-22)13-35-12-17-6-8-28-9-7-17/h3-11,15-16,18H,12-14H2,1-2H3,(H,30,31,34). The Bertz CT molecular complexity index is 1400. The van der Waals surface area contributed by atoms with Gasteiger partial charge in [-0.05, 0) is 49.7 Å². The topological polar surface area (TPSA) is 113 Å². The first-order valence-corrected chi connectivity index (χ1v) is 11.8. The molecule has 1 unspecified atom stereocenters. The summed E-state index contributed by atoms with van der Waals surface area (Å²) in [5.41, 5.74) is 1.33. The number of carbonyl (C=O) groups is 1. The van der Waals surface area contributed by atoms with Crippen LogP contribution in [0.15, 0.2) is 61.2 Å². The summed E-state index contributed by atoms with van der Waals surface area (Å²) in [6, 6.07) is 11.4. The van der Waals surface area contributed by atoms with Crippen LogP contribution in [0.2, 0.25) is 0 Å². The third kappa shape index (κ3) is 5.56. The van der Waals surface area contributed by atoms with Crippen molar-refractivity contribution in [2.24, 2.45) is 0 Å². The molecule has 0 fully saturated rings.